The lowest BCUT2D eigenvalue weighted by atomic mass is 9.97. The molecule has 2 aromatic rings. The molecule has 1 atom stereocenters. The summed E-state index contributed by atoms with van der Waals surface area (Å²) >= 11 is 0. The highest BCUT2D eigenvalue weighted by atomic mass is 16.6. The number of rotatable bonds is 14. The van der Waals surface area contributed by atoms with Crippen LogP contribution in [0.5, 0.6) is 0 Å². The molecule has 0 aliphatic carbocycles. The Hall–Kier alpha value is -3.43. The minimum absolute atomic E-state index is 0.0526. The van der Waals surface area contributed by atoms with E-state index in [1.165, 1.54) is 0 Å². The molecule has 1 N–H and O–H groups in total. The normalized spacial score (nSPS) is 17.9. The zero-order valence-corrected chi connectivity index (χ0v) is 27.6. The number of carbonyl (C=O) groups excluding carboxylic acids is 3. The van der Waals surface area contributed by atoms with Gasteiger partial charge in [-0.2, -0.15) is 0 Å². The number of piperidine rings is 2. The monoisotopic (exact) mass is 619 g/mol. The lowest BCUT2D eigenvalue weighted by Gasteiger charge is -2.41. The maximum Gasteiger partial charge on any atom is 0.411 e. The molecule has 2 heterocycles. The van der Waals surface area contributed by atoms with E-state index in [2.05, 4.69) is 22.1 Å². The molecule has 0 aromatic heterocycles. The third-order valence-corrected chi connectivity index (χ3v) is 9.13. The molecule has 0 spiro atoms. The molecular formula is C36H53N5O4. The Labute approximate surface area is 269 Å². The summed E-state index contributed by atoms with van der Waals surface area (Å²) in [6.45, 7) is 12.1. The number of amides is 3. The highest BCUT2D eigenvalue weighted by Gasteiger charge is 2.33. The summed E-state index contributed by atoms with van der Waals surface area (Å²) in [5.74, 6) is 0.296. The second-order valence-corrected chi connectivity index (χ2v) is 12.2. The number of anilines is 1. The number of para-hydroxylation sites is 1. The van der Waals surface area contributed by atoms with Crippen LogP contribution in [0.1, 0.15) is 72.1 Å². The summed E-state index contributed by atoms with van der Waals surface area (Å²) in [5.41, 5.74) is 2.72. The van der Waals surface area contributed by atoms with E-state index in [-0.39, 0.29) is 23.8 Å². The standard InChI is InChI=1S/C36H53N5O4/c1-4-7-13-24-41(40-23-14-17-30(28-40)35(43)39(5-2)6-3)34(42)22-27-38-25-20-31(21-26-38)45-36(44)37-33-19-12-11-18-32(33)29-15-9-8-10-16-29/h8-12,15-16,18-19,30-31H,4-7,13-14,17,20-28H2,1-3H3,(H,37,44). The van der Waals surface area contributed by atoms with Crippen molar-refractivity contribution in [3.63, 3.8) is 0 Å². The van der Waals surface area contributed by atoms with Crippen LogP contribution in [0.2, 0.25) is 0 Å². The van der Waals surface area contributed by atoms with Crippen molar-refractivity contribution in [2.24, 2.45) is 5.92 Å². The fourth-order valence-corrected chi connectivity index (χ4v) is 6.49. The van der Waals surface area contributed by atoms with Crippen LogP contribution in [0.4, 0.5) is 10.5 Å². The second-order valence-electron chi connectivity index (χ2n) is 12.2. The summed E-state index contributed by atoms with van der Waals surface area (Å²) in [4.78, 5) is 43.7. The van der Waals surface area contributed by atoms with Gasteiger partial charge in [0, 0.05) is 64.3 Å². The van der Waals surface area contributed by atoms with E-state index < -0.39 is 6.09 Å². The van der Waals surface area contributed by atoms with Crippen molar-refractivity contribution in [2.45, 2.75) is 78.2 Å². The first-order valence-corrected chi connectivity index (χ1v) is 17.1. The summed E-state index contributed by atoms with van der Waals surface area (Å²) in [6.07, 6.45) is 6.29. The Morgan fingerprint density at radius 1 is 0.889 bits per heavy atom. The Morgan fingerprint density at radius 2 is 1.60 bits per heavy atom. The highest BCUT2D eigenvalue weighted by molar-refractivity contribution is 5.91. The highest BCUT2D eigenvalue weighted by Crippen LogP contribution is 2.28. The molecule has 45 heavy (non-hydrogen) atoms. The quantitative estimate of drug-likeness (QED) is 0.251. The van der Waals surface area contributed by atoms with E-state index in [1.807, 2.05) is 78.4 Å². The number of unbranched alkanes of at least 4 members (excludes halogenated alkanes) is 2. The van der Waals surface area contributed by atoms with Gasteiger partial charge < -0.3 is 14.5 Å². The van der Waals surface area contributed by atoms with Crippen molar-refractivity contribution >= 4 is 23.6 Å². The minimum atomic E-state index is -0.436. The van der Waals surface area contributed by atoms with Crippen LogP contribution in [-0.2, 0) is 14.3 Å². The number of hydrogen-bond acceptors (Lipinski definition) is 6. The van der Waals surface area contributed by atoms with Gasteiger partial charge >= 0.3 is 6.09 Å². The number of nitrogens with one attached hydrogen (secondary N) is 1. The third-order valence-electron chi connectivity index (χ3n) is 9.13. The number of ether oxygens (including phenoxy) is 1. The number of nitrogens with zero attached hydrogens (tertiary/aromatic N) is 4. The number of carbonyl (C=O) groups is 3. The van der Waals surface area contributed by atoms with Crippen molar-refractivity contribution in [3.8, 4) is 11.1 Å². The van der Waals surface area contributed by atoms with E-state index in [0.29, 0.717) is 26.1 Å². The second kappa shape index (κ2) is 17.9. The van der Waals surface area contributed by atoms with Crippen molar-refractivity contribution in [1.82, 2.24) is 19.8 Å². The van der Waals surface area contributed by atoms with E-state index in [0.717, 1.165) is 94.5 Å². The first kappa shape index (κ1) is 34.4. The zero-order valence-electron chi connectivity index (χ0n) is 27.6. The number of likely N-dealkylation sites (tertiary alicyclic amines) is 1. The smallest absolute Gasteiger partial charge is 0.411 e. The molecule has 0 bridgehead atoms. The topological polar surface area (TPSA) is 85.4 Å². The molecule has 2 aromatic carbocycles. The van der Waals surface area contributed by atoms with Crippen LogP contribution in [0.3, 0.4) is 0 Å². The van der Waals surface area contributed by atoms with Crippen LogP contribution < -0.4 is 5.32 Å². The van der Waals surface area contributed by atoms with Gasteiger partial charge in [0.25, 0.3) is 0 Å². The summed E-state index contributed by atoms with van der Waals surface area (Å²) in [7, 11) is 0. The van der Waals surface area contributed by atoms with Gasteiger partial charge in [0.1, 0.15) is 6.10 Å². The van der Waals surface area contributed by atoms with Gasteiger partial charge in [-0.1, -0.05) is 68.3 Å². The van der Waals surface area contributed by atoms with Crippen molar-refractivity contribution in [2.75, 3.05) is 57.7 Å². The molecule has 0 saturated carbocycles. The van der Waals surface area contributed by atoms with Crippen molar-refractivity contribution in [3.05, 3.63) is 54.6 Å². The SMILES string of the molecule is CCCCCN(C(=O)CCN1CCC(OC(=O)Nc2ccccc2-c2ccccc2)CC1)N1CCCC(C(=O)N(CC)CC)C1. The van der Waals surface area contributed by atoms with Gasteiger partial charge in [-0.05, 0) is 57.6 Å². The Morgan fingerprint density at radius 3 is 2.31 bits per heavy atom. The number of benzene rings is 2. The fourth-order valence-electron chi connectivity index (χ4n) is 6.49. The van der Waals surface area contributed by atoms with Crippen LogP contribution in [0.15, 0.2) is 54.6 Å². The maximum absolute atomic E-state index is 13.6. The molecule has 4 rings (SSSR count). The fraction of sp³-hybridized carbons (Fsp3) is 0.583. The van der Waals surface area contributed by atoms with E-state index in [4.69, 9.17) is 4.74 Å². The Balaban J connectivity index is 1.25. The molecule has 2 aliphatic heterocycles. The summed E-state index contributed by atoms with van der Waals surface area (Å²) in [6, 6.07) is 17.7. The van der Waals surface area contributed by atoms with Gasteiger partial charge in [-0.25, -0.2) is 9.80 Å². The first-order chi connectivity index (χ1) is 21.9. The summed E-state index contributed by atoms with van der Waals surface area (Å²) in [5, 5.41) is 7.05. The van der Waals surface area contributed by atoms with Crippen LogP contribution >= 0.6 is 0 Å². The average molecular weight is 620 g/mol. The summed E-state index contributed by atoms with van der Waals surface area (Å²) < 4.78 is 5.81. The molecule has 2 saturated heterocycles. The minimum Gasteiger partial charge on any atom is -0.446 e. The van der Waals surface area contributed by atoms with Crippen molar-refractivity contribution in [1.29, 1.82) is 0 Å². The molecule has 0 radical (unpaired) electrons. The molecule has 1 unspecified atom stereocenters. The van der Waals surface area contributed by atoms with E-state index in [1.54, 1.807) is 0 Å². The van der Waals surface area contributed by atoms with Gasteiger partial charge in [0.15, 0.2) is 0 Å². The molecule has 246 valence electrons. The number of hydrogen-bond donors (Lipinski definition) is 1. The maximum atomic E-state index is 13.6. The van der Waals surface area contributed by atoms with Crippen LogP contribution in [0.25, 0.3) is 11.1 Å². The zero-order chi connectivity index (χ0) is 32.0. The van der Waals surface area contributed by atoms with E-state index >= 15 is 0 Å². The molecule has 9 nitrogen and oxygen atoms in total. The lowest BCUT2D eigenvalue weighted by Crippen LogP contribution is -2.54. The molecule has 2 fully saturated rings. The molecular weight excluding hydrogens is 566 g/mol. The van der Waals surface area contributed by atoms with Gasteiger partial charge in [0.05, 0.1) is 11.6 Å². The Kier molecular flexibility index (Phi) is 13.7. The first-order valence-electron chi connectivity index (χ1n) is 17.1. The largest absolute Gasteiger partial charge is 0.446 e. The van der Waals surface area contributed by atoms with Gasteiger partial charge in [0.2, 0.25) is 11.8 Å². The molecule has 9 heteroatoms. The predicted molar refractivity (Wildman–Crippen MR) is 180 cm³/mol. The van der Waals surface area contributed by atoms with E-state index in [9.17, 15) is 14.4 Å². The van der Waals surface area contributed by atoms with Crippen molar-refractivity contribution < 1.29 is 19.1 Å². The number of hydrazine groups is 1. The average Bonchev–Trinajstić information content (AvgIpc) is 3.07. The predicted octanol–water partition coefficient (Wildman–Crippen LogP) is 6.27. The van der Waals surface area contributed by atoms with Crippen LogP contribution in [0, 0.1) is 5.92 Å². The Bertz CT molecular complexity index is 1210. The third kappa shape index (κ3) is 10.0. The molecule has 3 amide bonds. The van der Waals surface area contributed by atoms with Gasteiger partial charge in [-0.15, -0.1) is 0 Å². The van der Waals surface area contributed by atoms with Crippen LogP contribution in [-0.4, -0.2) is 96.2 Å². The molecule has 2 aliphatic rings. The lowest BCUT2D eigenvalue weighted by molar-refractivity contribution is -0.158. The van der Waals surface area contributed by atoms with Gasteiger partial charge in [-0.3, -0.25) is 19.9 Å².